The van der Waals surface area contributed by atoms with E-state index in [1.165, 1.54) is 0 Å². The molecule has 0 aromatic carbocycles. The summed E-state index contributed by atoms with van der Waals surface area (Å²) in [6, 6.07) is 3.78. The summed E-state index contributed by atoms with van der Waals surface area (Å²) in [7, 11) is 0. The first-order valence-electron chi connectivity index (χ1n) is 3.07. The van der Waals surface area contributed by atoms with Crippen LogP contribution in [0.15, 0.2) is 24.5 Å². The van der Waals surface area contributed by atoms with Gasteiger partial charge in [-0.3, -0.25) is 0 Å². The van der Waals surface area contributed by atoms with Crippen molar-refractivity contribution in [1.82, 2.24) is 0 Å². The lowest BCUT2D eigenvalue weighted by Crippen LogP contribution is -3.00. The molecule has 0 aliphatic heterocycles. The van der Waals surface area contributed by atoms with E-state index in [-0.39, 0.29) is 24.0 Å². The fraction of sp³-hybridized carbons (Fsp3) is 0.286. The van der Waals surface area contributed by atoms with Crippen LogP contribution in [0.2, 0.25) is 0 Å². The van der Waals surface area contributed by atoms with Gasteiger partial charge >= 0.3 is 0 Å². The van der Waals surface area contributed by atoms with Gasteiger partial charge in [-0.25, -0.2) is 4.57 Å². The minimum atomic E-state index is 0. The number of aromatic nitrogens is 1. The zero-order chi connectivity index (χ0) is 6.69. The van der Waals surface area contributed by atoms with Gasteiger partial charge in [0.2, 0.25) is 0 Å². The van der Waals surface area contributed by atoms with Crippen molar-refractivity contribution >= 4 is 5.69 Å². The Balaban J connectivity index is 0.000000810. The second kappa shape index (κ2) is 4.49. The first kappa shape index (κ1) is 9.68. The number of aryl methyl sites for hydroxylation is 1. The lowest BCUT2D eigenvalue weighted by molar-refractivity contribution is -0.693. The molecule has 0 aliphatic rings. The molecular formula is C7H11IN2. The molecule has 0 unspecified atom stereocenters. The van der Waals surface area contributed by atoms with E-state index in [9.17, 15) is 0 Å². The molecule has 0 bridgehead atoms. The van der Waals surface area contributed by atoms with E-state index in [0.717, 1.165) is 12.2 Å². The van der Waals surface area contributed by atoms with E-state index < -0.39 is 0 Å². The van der Waals surface area contributed by atoms with Crippen molar-refractivity contribution in [1.29, 1.82) is 0 Å². The Labute approximate surface area is 78.1 Å². The molecule has 0 saturated carbocycles. The predicted octanol–water partition coefficient (Wildman–Crippen LogP) is -2.42. The number of pyridine rings is 1. The van der Waals surface area contributed by atoms with Crippen LogP contribution in [0, 0.1) is 0 Å². The van der Waals surface area contributed by atoms with Crippen LogP contribution in [0.3, 0.4) is 0 Å². The molecule has 2 N–H and O–H groups in total. The SMILES string of the molecule is CC[n+]1ccc(N)cc1.[I-]. The molecule has 10 heavy (non-hydrogen) atoms. The quantitative estimate of drug-likeness (QED) is 0.436. The summed E-state index contributed by atoms with van der Waals surface area (Å²) in [6.45, 7) is 3.09. The average Bonchev–Trinajstić information content (AvgIpc) is 1.90. The highest BCUT2D eigenvalue weighted by Gasteiger charge is 1.91. The van der Waals surface area contributed by atoms with Crippen molar-refractivity contribution in [2.45, 2.75) is 13.5 Å². The van der Waals surface area contributed by atoms with Crippen molar-refractivity contribution < 1.29 is 28.5 Å². The van der Waals surface area contributed by atoms with Crippen LogP contribution in [0.4, 0.5) is 5.69 Å². The maximum Gasteiger partial charge on any atom is 0.170 e. The van der Waals surface area contributed by atoms with Gasteiger partial charge in [-0.05, 0) is 6.92 Å². The molecule has 1 heterocycles. The zero-order valence-corrected chi connectivity index (χ0v) is 8.08. The first-order chi connectivity index (χ1) is 4.33. The van der Waals surface area contributed by atoms with Crippen LogP contribution in [0.1, 0.15) is 6.92 Å². The molecule has 0 amide bonds. The molecule has 1 aromatic rings. The minimum Gasteiger partial charge on any atom is -1.00 e. The Bertz CT molecular complexity index is 183. The van der Waals surface area contributed by atoms with Crippen LogP contribution < -0.4 is 34.3 Å². The maximum absolute atomic E-state index is 5.47. The third-order valence-electron chi connectivity index (χ3n) is 1.28. The third kappa shape index (κ3) is 2.51. The van der Waals surface area contributed by atoms with Gasteiger partial charge in [0.1, 0.15) is 6.54 Å². The van der Waals surface area contributed by atoms with Gasteiger partial charge in [-0.2, -0.15) is 0 Å². The highest BCUT2D eigenvalue weighted by Crippen LogP contribution is 1.92. The zero-order valence-electron chi connectivity index (χ0n) is 5.92. The van der Waals surface area contributed by atoms with Gasteiger partial charge in [0, 0.05) is 17.8 Å². The number of anilines is 1. The Morgan fingerprint density at radius 2 is 1.90 bits per heavy atom. The van der Waals surface area contributed by atoms with Gasteiger partial charge in [-0.15, -0.1) is 0 Å². The Hall–Kier alpha value is -0.320. The molecular weight excluding hydrogens is 239 g/mol. The third-order valence-corrected chi connectivity index (χ3v) is 1.28. The Morgan fingerprint density at radius 1 is 1.40 bits per heavy atom. The molecule has 0 aliphatic carbocycles. The number of hydrogen-bond acceptors (Lipinski definition) is 1. The van der Waals surface area contributed by atoms with E-state index in [1.807, 2.05) is 24.5 Å². The summed E-state index contributed by atoms with van der Waals surface area (Å²) in [5.74, 6) is 0. The average molecular weight is 250 g/mol. The van der Waals surface area contributed by atoms with Gasteiger partial charge in [0.25, 0.3) is 0 Å². The number of nitrogens with two attached hydrogens (primary N) is 1. The van der Waals surface area contributed by atoms with E-state index in [0.29, 0.717) is 0 Å². The minimum absolute atomic E-state index is 0. The molecule has 0 fully saturated rings. The summed E-state index contributed by atoms with van der Waals surface area (Å²) in [4.78, 5) is 0. The summed E-state index contributed by atoms with van der Waals surface area (Å²) in [6.07, 6.45) is 3.94. The molecule has 56 valence electrons. The summed E-state index contributed by atoms with van der Waals surface area (Å²) < 4.78 is 2.07. The van der Waals surface area contributed by atoms with E-state index in [4.69, 9.17) is 5.73 Å². The Morgan fingerprint density at radius 3 is 2.30 bits per heavy atom. The molecule has 1 aromatic heterocycles. The van der Waals surface area contributed by atoms with Crippen LogP contribution in [-0.2, 0) is 6.54 Å². The molecule has 0 saturated heterocycles. The number of rotatable bonds is 1. The van der Waals surface area contributed by atoms with E-state index in [1.54, 1.807) is 0 Å². The largest absolute Gasteiger partial charge is 1.00 e. The van der Waals surface area contributed by atoms with Crippen molar-refractivity contribution in [3.63, 3.8) is 0 Å². The van der Waals surface area contributed by atoms with Crippen molar-refractivity contribution in [2.75, 3.05) is 5.73 Å². The predicted molar refractivity (Wildman–Crippen MR) is 36.7 cm³/mol. The standard InChI is InChI=1S/C7H10N2.HI/c1-2-9-5-3-7(8)4-6-9;/h3-6,8H,2H2,1H3;1H. The first-order valence-corrected chi connectivity index (χ1v) is 3.07. The molecule has 2 nitrogen and oxygen atoms in total. The molecule has 0 atom stereocenters. The van der Waals surface area contributed by atoms with Gasteiger partial charge < -0.3 is 29.7 Å². The van der Waals surface area contributed by atoms with Crippen molar-refractivity contribution in [2.24, 2.45) is 0 Å². The lowest BCUT2D eigenvalue weighted by Gasteiger charge is -1.89. The van der Waals surface area contributed by atoms with E-state index >= 15 is 0 Å². The summed E-state index contributed by atoms with van der Waals surface area (Å²) in [5, 5.41) is 0. The van der Waals surface area contributed by atoms with Crippen molar-refractivity contribution in [3.05, 3.63) is 24.5 Å². The van der Waals surface area contributed by atoms with Gasteiger partial charge in [0.05, 0.1) is 0 Å². The van der Waals surface area contributed by atoms with Gasteiger partial charge in [0.15, 0.2) is 12.4 Å². The van der Waals surface area contributed by atoms with Crippen LogP contribution in [-0.4, -0.2) is 0 Å². The second-order valence-corrected chi connectivity index (χ2v) is 1.96. The normalized spacial score (nSPS) is 8.50. The Kier molecular flexibility index (Phi) is 4.34. The summed E-state index contributed by atoms with van der Waals surface area (Å²) in [5.41, 5.74) is 6.29. The van der Waals surface area contributed by atoms with Crippen LogP contribution in [0.5, 0.6) is 0 Å². The fourth-order valence-corrected chi connectivity index (χ4v) is 0.680. The molecule has 0 spiro atoms. The van der Waals surface area contributed by atoms with E-state index in [2.05, 4.69) is 11.5 Å². The topological polar surface area (TPSA) is 29.9 Å². The number of nitrogen functional groups attached to an aromatic ring is 1. The molecule has 3 heteroatoms. The van der Waals surface area contributed by atoms with Gasteiger partial charge in [-0.1, -0.05) is 0 Å². The molecule has 1 rings (SSSR count). The molecule has 0 radical (unpaired) electrons. The number of halogens is 1. The number of hydrogen-bond donors (Lipinski definition) is 1. The van der Waals surface area contributed by atoms with Crippen molar-refractivity contribution in [3.8, 4) is 0 Å². The van der Waals surface area contributed by atoms with Crippen LogP contribution >= 0.6 is 0 Å². The lowest BCUT2D eigenvalue weighted by atomic mass is 10.4. The highest BCUT2D eigenvalue weighted by atomic mass is 127. The van der Waals surface area contributed by atoms with Crippen LogP contribution in [0.25, 0.3) is 0 Å². The summed E-state index contributed by atoms with van der Waals surface area (Å²) >= 11 is 0. The fourth-order valence-electron chi connectivity index (χ4n) is 0.680. The highest BCUT2D eigenvalue weighted by molar-refractivity contribution is 5.32. The second-order valence-electron chi connectivity index (χ2n) is 1.96. The smallest absolute Gasteiger partial charge is 0.170 e. The number of nitrogens with zero attached hydrogens (tertiary/aromatic N) is 1. The maximum atomic E-state index is 5.47. The monoisotopic (exact) mass is 250 g/mol.